The molecule has 4 N–H and O–H groups in total. The fourth-order valence-electron chi connectivity index (χ4n) is 11.1. The maximum Gasteiger partial charge on any atom is 0.0303 e. The third-order valence-corrected chi connectivity index (χ3v) is 12.7. The smallest absolute Gasteiger partial charge is 0.0303 e. The van der Waals surface area contributed by atoms with Crippen LogP contribution in [-0.2, 0) is 0 Å². The first kappa shape index (κ1) is 30.8. The zero-order valence-electron chi connectivity index (χ0n) is 27.4. The van der Waals surface area contributed by atoms with Gasteiger partial charge in [0.1, 0.15) is 0 Å². The summed E-state index contributed by atoms with van der Waals surface area (Å²) >= 11 is 0. The summed E-state index contributed by atoms with van der Waals surface area (Å²) in [4.78, 5) is 0. The zero-order valence-corrected chi connectivity index (χ0v) is 27.4. The minimum Gasteiger partial charge on any atom is -0.311 e. The van der Waals surface area contributed by atoms with Crippen molar-refractivity contribution in [2.75, 3.05) is 0 Å². The summed E-state index contributed by atoms with van der Waals surface area (Å²) in [6.45, 7) is 19.5. The number of hydrogen-bond acceptors (Lipinski definition) is 4. The van der Waals surface area contributed by atoms with E-state index >= 15 is 0 Å². The van der Waals surface area contributed by atoms with E-state index < -0.39 is 0 Å². The Labute approximate surface area is 247 Å². The molecule has 4 nitrogen and oxygen atoms in total. The van der Waals surface area contributed by atoms with E-state index in [0.717, 1.165) is 23.7 Å². The lowest BCUT2D eigenvalue weighted by Gasteiger charge is -2.28. The molecule has 8 bridgehead atoms. The molecule has 0 aliphatic carbocycles. The SMILES string of the molecule is CCC1=C(CC)C2CC3NC(CC4NC(CC5NC(CC1N2)C(CC)C5CC)C(CC)=C4CC)C(CC)C3CC. The van der Waals surface area contributed by atoms with Gasteiger partial charge in [-0.1, -0.05) is 103 Å². The molecule has 0 aromatic rings. The van der Waals surface area contributed by atoms with E-state index in [-0.39, 0.29) is 0 Å². The first-order valence-electron chi connectivity index (χ1n) is 17.9. The normalized spacial score (nSPS) is 43.8. The highest BCUT2D eigenvalue weighted by atomic mass is 15.1. The summed E-state index contributed by atoms with van der Waals surface area (Å²) in [5, 5.41) is 17.2. The second-order valence-corrected chi connectivity index (χ2v) is 14.0. The molecular weight excluding hydrogens is 488 g/mol. The Hall–Kier alpha value is -0.680. The quantitative estimate of drug-likeness (QED) is 0.239. The molecule has 5 heterocycles. The summed E-state index contributed by atoms with van der Waals surface area (Å²) in [5.74, 6) is 3.16. The van der Waals surface area contributed by atoms with Gasteiger partial charge in [0.2, 0.25) is 0 Å². The van der Waals surface area contributed by atoms with Gasteiger partial charge in [0, 0.05) is 48.3 Å². The lowest BCUT2D eigenvalue weighted by molar-refractivity contribution is 0.280. The van der Waals surface area contributed by atoms with Gasteiger partial charge < -0.3 is 21.3 Å². The Kier molecular flexibility index (Phi) is 10.2. The van der Waals surface area contributed by atoms with Crippen molar-refractivity contribution in [3.63, 3.8) is 0 Å². The van der Waals surface area contributed by atoms with E-state index in [1.54, 1.807) is 22.3 Å². The van der Waals surface area contributed by atoms with Gasteiger partial charge in [-0.25, -0.2) is 0 Å². The topological polar surface area (TPSA) is 48.1 Å². The third-order valence-electron chi connectivity index (χ3n) is 12.7. The largest absolute Gasteiger partial charge is 0.311 e. The Bertz CT molecular complexity index is 780. The van der Waals surface area contributed by atoms with Gasteiger partial charge in [-0.3, -0.25) is 0 Å². The van der Waals surface area contributed by atoms with Crippen LogP contribution in [0.5, 0.6) is 0 Å². The molecule has 0 aromatic carbocycles. The van der Waals surface area contributed by atoms with Crippen LogP contribution in [0, 0.1) is 23.7 Å². The van der Waals surface area contributed by atoms with Crippen molar-refractivity contribution in [3.05, 3.63) is 22.3 Å². The third kappa shape index (κ3) is 5.42. The van der Waals surface area contributed by atoms with E-state index in [9.17, 15) is 0 Å². The van der Waals surface area contributed by atoms with Crippen LogP contribution in [-0.4, -0.2) is 48.3 Å². The number of fused-ring (bicyclic) bond motifs is 8. The summed E-state index contributed by atoms with van der Waals surface area (Å²) in [7, 11) is 0. The van der Waals surface area contributed by atoms with Crippen molar-refractivity contribution in [1.82, 2.24) is 21.3 Å². The van der Waals surface area contributed by atoms with E-state index in [1.807, 2.05) is 0 Å². The molecule has 5 aliphatic rings. The number of hydrogen-bond donors (Lipinski definition) is 4. The Balaban J connectivity index is 1.53. The first-order valence-corrected chi connectivity index (χ1v) is 17.9. The highest BCUT2D eigenvalue weighted by Gasteiger charge is 2.48. The van der Waals surface area contributed by atoms with Crippen LogP contribution < -0.4 is 21.3 Å². The molecule has 0 spiro atoms. The van der Waals surface area contributed by atoms with Crippen molar-refractivity contribution in [2.45, 2.75) is 181 Å². The second kappa shape index (κ2) is 13.3. The molecular formula is C36H64N4. The summed E-state index contributed by atoms with van der Waals surface area (Å²) in [6, 6.07) is 4.70. The minimum absolute atomic E-state index is 0.548. The van der Waals surface area contributed by atoms with Crippen LogP contribution in [0.2, 0.25) is 0 Å². The Morgan fingerprint density at radius 3 is 0.775 bits per heavy atom. The zero-order chi connectivity index (χ0) is 28.6. The fourth-order valence-corrected chi connectivity index (χ4v) is 11.1. The van der Waals surface area contributed by atoms with Crippen molar-refractivity contribution < 1.29 is 0 Å². The molecule has 5 aliphatic heterocycles. The van der Waals surface area contributed by atoms with Crippen LogP contribution in [0.15, 0.2) is 22.3 Å². The van der Waals surface area contributed by atoms with E-state index in [4.69, 9.17) is 0 Å². The van der Waals surface area contributed by atoms with E-state index in [1.165, 1.54) is 77.0 Å². The molecule has 0 radical (unpaired) electrons. The van der Waals surface area contributed by atoms with Crippen molar-refractivity contribution >= 4 is 0 Å². The minimum atomic E-state index is 0.548. The molecule has 228 valence electrons. The van der Waals surface area contributed by atoms with Crippen LogP contribution in [0.1, 0.15) is 132 Å². The van der Waals surface area contributed by atoms with Gasteiger partial charge in [0.05, 0.1) is 0 Å². The molecule has 40 heavy (non-hydrogen) atoms. The lowest BCUT2D eigenvalue weighted by Crippen LogP contribution is -2.46. The molecule has 0 amide bonds. The Morgan fingerprint density at radius 2 is 0.600 bits per heavy atom. The van der Waals surface area contributed by atoms with Crippen molar-refractivity contribution in [1.29, 1.82) is 0 Å². The molecule has 0 saturated carbocycles. The van der Waals surface area contributed by atoms with Gasteiger partial charge in [0.25, 0.3) is 0 Å². The highest BCUT2D eigenvalue weighted by Crippen LogP contribution is 2.44. The predicted octanol–water partition coefficient (Wildman–Crippen LogP) is 7.26. The van der Waals surface area contributed by atoms with E-state index in [0.29, 0.717) is 48.3 Å². The maximum absolute atomic E-state index is 4.32. The molecule has 5 rings (SSSR count). The lowest BCUT2D eigenvalue weighted by atomic mass is 9.78. The average Bonchev–Trinajstić information content (AvgIpc) is 3.67. The Morgan fingerprint density at radius 1 is 0.375 bits per heavy atom. The average molecular weight is 553 g/mol. The molecule has 12 unspecified atom stereocenters. The molecule has 4 heteroatoms. The maximum atomic E-state index is 4.32. The van der Waals surface area contributed by atoms with Crippen LogP contribution in [0.4, 0.5) is 0 Å². The predicted molar refractivity (Wildman–Crippen MR) is 172 cm³/mol. The molecule has 3 fully saturated rings. The summed E-state index contributed by atoms with van der Waals surface area (Å²) in [6.07, 6.45) is 15.1. The van der Waals surface area contributed by atoms with Crippen molar-refractivity contribution in [3.8, 4) is 0 Å². The van der Waals surface area contributed by atoms with Gasteiger partial charge >= 0.3 is 0 Å². The summed E-state index contributed by atoms with van der Waals surface area (Å²) in [5.41, 5.74) is 7.02. The van der Waals surface area contributed by atoms with Gasteiger partial charge in [-0.15, -0.1) is 0 Å². The summed E-state index contributed by atoms with van der Waals surface area (Å²) < 4.78 is 0. The second-order valence-electron chi connectivity index (χ2n) is 14.0. The molecule has 0 aromatic heterocycles. The number of rotatable bonds is 8. The molecule has 12 atom stereocenters. The monoisotopic (exact) mass is 553 g/mol. The van der Waals surface area contributed by atoms with Gasteiger partial charge in [-0.05, 0) is 75.0 Å². The van der Waals surface area contributed by atoms with Crippen molar-refractivity contribution in [2.24, 2.45) is 23.7 Å². The van der Waals surface area contributed by atoms with Crippen LogP contribution in [0.25, 0.3) is 0 Å². The fraction of sp³-hybridized carbons (Fsp3) is 0.889. The van der Waals surface area contributed by atoms with Crippen LogP contribution in [0.3, 0.4) is 0 Å². The first-order chi connectivity index (χ1) is 19.5. The highest BCUT2D eigenvalue weighted by molar-refractivity contribution is 5.34. The molecule has 3 saturated heterocycles. The van der Waals surface area contributed by atoms with Gasteiger partial charge in [-0.2, -0.15) is 0 Å². The number of nitrogens with one attached hydrogen (secondary N) is 4. The van der Waals surface area contributed by atoms with Gasteiger partial charge in [0.15, 0.2) is 0 Å². The van der Waals surface area contributed by atoms with E-state index in [2.05, 4.69) is 76.7 Å². The van der Waals surface area contributed by atoms with Crippen LogP contribution >= 0.6 is 0 Å². The standard InChI is InChI=1S/C36H64N4/c1-9-21-22(10-2)30-18-32-25(13-5)26(14-6)34(39-32)20-36-28(16-8)27(15-7)35(40-36)19-33-24(12-4)23(11-3)31(38-33)17-29(21)37-30/h21-22,27-40H,9-20H2,1-8H3.